The Kier molecular flexibility index (Phi) is 6.68. The third-order valence-corrected chi connectivity index (χ3v) is 10.8. The van der Waals surface area contributed by atoms with Crippen LogP contribution in [0.1, 0.15) is 11.1 Å². The van der Waals surface area contributed by atoms with Crippen molar-refractivity contribution < 1.29 is 4.42 Å². The predicted octanol–water partition coefficient (Wildman–Crippen LogP) is 11.7. The summed E-state index contributed by atoms with van der Waals surface area (Å²) in [5.41, 5.74) is 14.7. The van der Waals surface area contributed by atoms with Crippen molar-refractivity contribution in [1.82, 2.24) is 15.0 Å². The molecule has 0 saturated heterocycles. The van der Waals surface area contributed by atoms with E-state index in [4.69, 9.17) is 19.4 Å². The first-order valence-corrected chi connectivity index (χ1v) is 18.2. The van der Waals surface area contributed by atoms with Gasteiger partial charge in [0.2, 0.25) is 0 Å². The minimum atomic E-state index is 0.438. The van der Waals surface area contributed by atoms with E-state index < -0.39 is 0 Å². The molecule has 1 atom stereocenters. The number of aromatic nitrogens is 3. The normalized spacial score (nSPS) is 14.4. The average Bonchev–Trinajstić information content (AvgIpc) is 3.90. The van der Waals surface area contributed by atoms with Gasteiger partial charge in [-0.2, -0.15) is 0 Å². The Morgan fingerprint density at radius 2 is 1.00 bits per heavy atom. The summed E-state index contributed by atoms with van der Waals surface area (Å²) >= 11 is 0. The molecule has 9 aromatic rings. The molecule has 5 heteroatoms. The smallest absolute Gasteiger partial charge is 0.164 e. The Balaban J connectivity index is 1.000. The topological polar surface area (TPSA) is 55.1 Å². The fourth-order valence-corrected chi connectivity index (χ4v) is 8.42. The van der Waals surface area contributed by atoms with Gasteiger partial charge < -0.3 is 9.32 Å². The molecule has 0 spiro atoms. The molecule has 0 saturated carbocycles. The zero-order valence-electron chi connectivity index (χ0n) is 28.8. The molecule has 4 heterocycles. The molecular weight excluding hydrogens is 649 g/mol. The van der Waals surface area contributed by atoms with Crippen molar-refractivity contribution in [2.24, 2.45) is 0 Å². The molecule has 1 unspecified atom stereocenters. The Hall–Kier alpha value is -6.85. The van der Waals surface area contributed by atoms with E-state index in [0.717, 1.165) is 62.6 Å². The lowest BCUT2D eigenvalue weighted by Crippen LogP contribution is -2.22. The molecule has 2 aromatic heterocycles. The molecule has 2 aliphatic rings. The number of hydrogen-bond acceptors (Lipinski definition) is 5. The van der Waals surface area contributed by atoms with E-state index in [0.29, 0.717) is 23.5 Å². The highest BCUT2D eigenvalue weighted by atomic mass is 16.3. The van der Waals surface area contributed by atoms with E-state index >= 15 is 0 Å². The van der Waals surface area contributed by atoms with E-state index in [1.807, 2.05) is 72.8 Å². The van der Waals surface area contributed by atoms with E-state index in [2.05, 4.69) is 95.9 Å². The highest BCUT2D eigenvalue weighted by Crippen LogP contribution is 2.48. The van der Waals surface area contributed by atoms with Crippen LogP contribution in [-0.2, 0) is 12.8 Å². The minimum Gasteiger partial charge on any atom is -0.455 e. The van der Waals surface area contributed by atoms with Gasteiger partial charge in [0.25, 0.3) is 0 Å². The van der Waals surface area contributed by atoms with E-state index in [-0.39, 0.29) is 0 Å². The maximum Gasteiger partial charge on any atom is 0.164 e. The van der Waals surface area contributed by atoms with Crippen molar-refractivity contribution in [2.45, 2.75) is 18.9 Å². The van der Waals surface area contributed by atoms with Gasteiger partial charge in [-0.3, -0.25) is 0 Å². The summed E-state index contributed by atoms with van der Waals surface area (Å²) in [5, 5.41) is 2.04. The van der Waals surface area contributed by atoms with Gasteiger partial charge >= 0.3 is 0 Å². The highest BCUT2D eigenvalue weighted by Gasteiger charge is 2.37. The van der Waals surface area contributed by atoms with Gasteiger partial charge in [-0.15, -0.1) is 0 Å². The number of fused-ring (bicyclic) bond motifs is 8. The zero-order valence-corrected chi connectivity index (χ0v) is 28.8. The second-order valence-electron chi connectivity index (χ2n) is 14.0. The number of benzene rings is 7. The summed E-state index contributed by atoms with van der Waals surface area (Å²) in [4.78, 5) is 17.6. The average molecular weight is 681 g/mol. The Bertz CT molecular complexity index is 2790. The van der Waals surface area contributed by atoms with Crippen LogP contribution >= 0.6 is 0 Å². The van der Waals surface area contributed by atoms with Crippen molar-refractivity contribution in [1.29, 1.82) is 0 Å². The van der Waals surface area contributed by atoms with Gasteiger partial charge in [0.15, 0.2) is 17.5 Å². The molecule has 2 aliphatic heterocycles. The van der Waals surface area contributed by atoms with Crippen LogP contribution < -0.4 is 4.90 Å². The number of para-hydroxylation sites is 1. The van der Waals surface area contributed by atoms with Crippen molar-refractivity contribution in [2.75, 3.05) is 4.90 Å². The number of nitrogens with zero attached hydrogens (tertiary/aromatic N) is 4. The van der Waals surface area contributed by atoms with E-state index in [9.17, 15) is 0 Å². The standard InChI is InChI=1S/C48H32N4O/c1-4-12-30(13-5-1)33-22-24-41-35(26-33)28-37-29-36-27-34(23-25-42(36)52(37)41)38-18-10-19-39-44-40(20-11-21-43(44)53-45(38)39)48-50-46(31-14-6-2-7-15-31)49-47(51-48)32-16-8-3-9-17-32/h1-27,37H,28-29H2. The fraction of sp³-hybridized carbons (Fsp3) is 0.0625. The molecule has 7 aromatic carbocycles. The minimum absolute atomic E-state index is 0.438. The lowest BCUT2D eigenvalue weighted by atomic mass is 9.96. The van der Waals surface area contributed by atoms with Crippen LogP contribution in [0, 0.1) is 0 Å². The van der Waals surface area contributed by atoms with E-state index in [1.165, 1.54) is 33.6 Å². The number of anilines is 2. The summed E-state index contributed by atoms with van der Waals surface area (Å²) < 4.78 is 6.74. The number of hydrogen-bond donors (Lipinski definition) is 0. The molecule has 250 valence electrons. The van der Waals surface area contributed by atoms with Crippen molar-refractivity contribution in [3.05, 3.63) is 175 Å². The van der Waals surface area contributed by atoms with Gasteiger partial charge in [-0.1, -0.05) is 133 Å². The van der Waals surface area contributed by atoms with Crippen LogP contribution in [0.5, 0.6) is 0 Å². The van der Waals surface area contributed by atoms with Crippen molar-refractivity contribution in [3.8, 4) is 56.4 Å². The molecule has 0 aliphatic carbocycles. The summed E-state index contributed by atoms with van der Waals surface area (Å²) in [5.74, 6) is 1.89. The van der Waals surface area contributed by atoms with Gasteiger partial charge in [0.1, 0.15) is 11.2 Å². The monoisotopic (exact) mass is 680 g/mol. The van der Waals surface area contributed by atoms with Gasteiger partial charge in [-0.25, -0.2) is 15.0 Å². The molecule has 0 bridgehead atoms. The Labute approximate surface area is 306 Å². The molecule has 11 rings (SSSR count). The number of furan rings is 1. The van der Waals surface area contributed by atoms with Crippen LogP contribution in [-0.4, -0.2) is 21.0 Å². The summed E-state index contributed by atoms with van der Waals surface area (Å²) in [6.45, 7) is 0. The SMILES string of the molecule is c1ccc(-c2ccc3c(c2)CC2Cc4cc(-c5cccc6c5oc5cccc(-c7nc(-c8ccccc8)nc(-c8ccccc8)n7)c56)ccc4N32)cc1. The fourth-order valence-electron chi connectivity index (χ4n) is 8.42. The quantitative estimate of drug-likeness (QED) is 0.181. The lowest BCUT2D eigenvalue weighted by molar-refractivity contribution is 0.670. The van der Waals surface area contributed by atoms with Crippen LogP contribution in [0.15, 0.2) is 168 Å². The van der Waals surface area contributed by atoms with Crippen LogP contribution in [0.2, 0.25) is 0 Å². The highest BCUT2D eigenvalue weighted by molar-refractivity contribution is 6.15. The van der Waals surface area contributed by atoms with Crippen molar-refractivity contribution >= 4 is 33.3 Å². The second-order valence-corrected chi connectivity index (χ2v) is 14.0. The van der Waals surface area contributed by atoms with E-state index in [1.54, 1.807) is 0 Å². The van der Waals surface area contributed by atoms with Gasteiger partial charge in [0, 0.05) is 50.4 Å². The van der Waals surface area contributed by atoms with Crippen LogP contribution in [0.4, 0.5) is 11.4 Å². The molecule has 53 heavy (non-hydrogen) atoms. The van der Waals surface area contributed by atoms with Crippen LogP contribution in [0.3, 0.4) is 0 Å². The van der Waals surface area contributed by atoms with Gasteiger partial charge in [-0.05, 0) is 71.0 Å². The first-order valence-electron chi connectivity index (χ1n) is 18.2. The summed E-state index contributed by atoms with van der Waals surface area (Å²) in [6.07, 6.45) is 2.07. The molecule has 0 amide bonds. The number of rotatable bonds is 5. The third-order valence-electron chi connectivity index (χ3n) is 10.8. The summed E-state index contributed by atoms with van der Waals surface area (Å²) in [6, 6.07) is 57.8. The van der Waals surface area contributed by atoms with Gasteiger partial charge in [0.05, 0.1) is 0 Å². The van der Waals surface area contributed by atoms with Crippen molar-refractivity contribution in [3.63, 3.8) is 0 Å². The lowest BCUT2D eigenvalue weighted by Gasteiger charge is -2.21. The zero-order chi connectivity index (χ0) is 34.9. The van der Waals surface area contributed by atoms with Crippen LogP contribution in [0.25, 0.3) is 78.4 Å². The Morgan fingerprint density at radius 1 is 0.453 bits per heavy atom. The molecule has 0 radical (unpaired) electrons. The Morgan fingerprint density at radius 3 is 1.66 bits per heavy atom. The first-order chi connectivity index (χ1) is 26.2. The first kappa shape index (κ1) is 29.8. The maximum atomic E-state index is 6.74. The molecule has 5 nitrogen and oxygen atoms in total. The predicted molar refractivity (Wildman–Crippen MR) is 214 cm³/mol. The molecular formula is C48H32N4O. The molecule has 0 N–H and O–H groups in total. The maximum absolute atomic E-state index is 6.74. The summed E-state index contributed by atoms with van der Waals surface area (Å²) in [7, 11) is 0. The molecule has 0 fully saturated rings. The largest absolute Gasteiger partial charge is 0.455 e. The third kappa shape index (κ3) is 4.89. The second kappa shape index (κ2) is 11.9.